The van der Waals surface area contributed by atoms with Crippen LogP contribution >= 0.6 is 11.6 Å². The summed E-state index contributed by atoms with van der Waals surface area (Å²) in [4.78, 5) is 57.1. The molecule has 16 nitrogen and oxygen atoms in total. The Morgan fingerprint density at radius 2 is 1.77 bits per heavy atom. The number of nitriles is 1. The van der Waals surface area contributed by atoms with Gasteiger partial charge in [-0.1, -0.05) is 56.3 Å². The first kappa shape index (κ1) is 42.9. The minimum atomic E-state index is -0.531. The Hall–Kier alpha value is -7.38. The molecular weight excluding hydrogens is 848 g/mol. The molecule has 3 aliphatic rings. The molecule has 4 aromatic carbocycles. The van der Waals surface area contributed by atoms with Gasteiger partial charge < -0.3 is 34.5 Å². The van der Waals surface area contributed by atoms with Crippen molar-refractivity contribution in [2.24, 2.45) is 5.92 Å². The normalized spacial score (nSPS) is 16.3. The van der Waals surface area contributed by atoms with Gasteiger partial charge in [0.05, 0.1) is 53.7 Å². The van der Waals surface area contributed by atoms with Crippen LogP contribution in [0.3, 0.4) is 0 Å². The summed E-state index contributed by atoms with van der Waals surface area (Å²) in [5.41, 5.74) is 4.03. The minimum absolute atomic E-state index is 0.0184. The van der Waals surface area contributed by atoms with Crippen molar-refractivity contribution in [3.05, 3.63) is 123 Å². The van der Waals surface area contributed by atoms with Crippen LogP contribution in [-0.2, 0) is 17.8 Å². The van der Waals surface area contributed by atoms with Gasteiger partial charge in [0.2, 0.25) is 5.91 Å². The van der Waals surface area contributed by atoms with Crippen molar-refractivity contribution in [1.82, 2.24) is 34.5 Å². The van der Waals surface area contributed by atoms with Crippen molar-refractivity contribution in [2.75, 3.05) is 55.7 Å². The maximum Gasteiger partial charge on any atom is 0.348 e. The maximum absolute atomic E-state index is 13.6. The van der Waals surface area contributed by atoms with Gasteiger partial charge in [0, 0.05) is 73.5 Å². The highest BCUT2D eigenvalue weighted by molar-refractivity contribution is 6.36. The van der Waals surface area contributed by atoms with E-state index in [1.807, 2.05) is 44.2 Å². The second-order valence-electron chi connectivity index (χ2n) is 16.9. The molecule has 2 fully saturated rings. The van der Waals surface area contributed by atoms with Crippen LogP contribution in [0.25, 0.3) is 27.8 Å². The number of H-pyrrole nitrogens is 1. The molecular formula is C48H47ClN10O6. The minimum Gasteiger partial charge on any atom is -0.508 e. The van der Waals surface area contributed by atoms with E-state index >= 15 is 0 Å². The van der Waals surface area contributed by atoms with Crippen molar-refractivity contribution in [1.29, 1.82) is 5.26 Å². The number of fused-ring (bicyclic) bond motifs is 2. The van der Waals surface area contributed by atoms with E-state index in [2.05, 4.69) is 38.7 Å². The SMILES string of the molecule is C=CC(=O)N1CCN(c2nc(OCC3CN(C(=O)c4ccc(-n5c(-c6cc(C(C)C)c(O)cc6O)n[nH]c5=O)cc4)C3)nc3c2CCN(c2cccc4cccc(Cl)c24)C3)CC1CC#N. The highest BCUT2D eigenvalue weighted by atomic mass is 35.5. The zero-order chi connectivity index (χ0) is 45.5. The number of aromatic amines is 1. The molecule has 332 valence electrons. The maximum atomic E-state index is 13.6. The zero-order valence-corrected chi connectivity index (χ0v) is 36.7. The smallest absolute Gasteiger partial charge is 0.348 e. The van der Waals surface area contributed by atoms with Crippen molar-refractivity contribution >= 4 is 45.7 Å². The predicted molar refractivity (Wildman–Crippen MR) is 246 cm³/mol. The number of ether oxygens (including phenoxy) is 1. The second kappa shape index (κ2) is 17.6. The topological polar surface area (TPSA) is 197 Å². The first-order valence-corrected chi connectivity index (χ1v) is 21.9. The third-order valence-corrected chi connectivity index (χ3v) is 12.8. The Morgan fingerprint density at radius 3 is 2.51 bits per heavy atom. The average Bonchev–Trinajstić information content (AvgIpc) is 3.68. The van der Waals surface area contributed by atoms with Gasteiger partial charge in [0.25, 0.3) is 5.91 Å². The fourth-order valence-electron chi connectivity index (χ4n) is 9.12. The van der Waals surface area contributed by atoms with E-state index in [1.54, 1.807) is 40.1 Å². The highest BCUT2D eigenvalue weighted by Crippen LogP contribution is 2.39. The molecule has 0 aliphatic carbocycles. The third kappa shape index (κ3) is 8.19. The van der Waals surface area contributed by atoms with Gasteiger partial charge in [-0.25, -0.2) is 14.5 Å². The highest BCUT2D eigenvalue weighted by Gasteiger charge is 2.35. The summed E-state index contributed by atoms with van der Waals surface area (Å²) in [7, 11) is 0. The molecule has 1 unspecified atom stereocenters. The Labute approximate surface area is 379 Å². The van der Waals surface area contributed by atoms with Crippen LogP contribution in [0.5, 0.6) is 17.5 Å². The number of likely N-dealkylation sites (tertiary alicyclic amines) is 1. The molecule has 6 aromatic rings. The quantitative estimate of drug-likeness (QED) is 0.125. The van der Waals surface area contributed by atoms with Crippen molar-refractivity contribution < 1.29 is 24.5 Å². The van der Waals surface area contributed by atoms with E-state index in [4.69, 9.17) is 26.3 Å². The summed E-state index contributed by atoms with van der Waals surface area (Å²) in [5.74, 6) is 0.190. The predicted octanol–water partition coefficient (Wildman–Crippen LogP) is 6.19. The van der Waals surface area contributed by atoms with Crippen LogP contribution in [0.4, 0.5) is 11.5 Å². The number of piperazine rings is 1. The van der Waals surface area contributed by atoms with Gasteiger partial charge >= 0.3 is 11.7 Å². The number of carbonyl (C=O) groups excluding carboxylic acids is 2. The summed E-state index contributed by atoms with van der Waals surface area (Å²) >= 11 is 6.76. The molecule has 0 spiro atoms. The van der Waals surface area contributed by atoms with Crippen LogP contribution in [0.1, 0.15) is 53.4 Å². The first-order chi connectivity index (χ1) is 31.4. The number of aromatic nitrogens is 5. The van der Waals surface area contributed by atoms with E-state index in [1.165, 1.54) is 16.7 Å². The molecule has 0 saturated carbocycles. The molecule has 5 heterocycles. The summed E-state index contributed by atoms with van der Waals surface area (Å²) in [6.07, 6.45) is 2.11. The van der Waals surface area contributed by atoms with Crippen LogP contribution in [0.15, 0.2) is 90.2 Å². The van der Waals surface area contributed by atoms with E-state index in [-0.39, 0.29) is 71.6 Å². The molecule has 17 heteroatoms. The second-order valence-corrected chi connectivity index (χ2v) is 17.4. The van der Waals surface area contributed by atoms with E-state index < -0.39 is 5.69 Å². The molecule has 0 radical (unpaired) electrons. The summed E-state index contributed by atoms with van der Waals surface area (Å²) in [6.45, 7) is 11.2. The summed E-state index contributed by atoms with van der Waals surface area (Å²) in [5, 5.41) is 40.0. The lowest BCUT2D eigenvalue weighted by Crippen LogP contribution is -2.55. The number of phenols is 2. The Morgan fingerprint density at radius 1 is 1.00 bits per heavy atom. The molecule has 1 atom stereocenters. The Balaban J connectivity index is 0.910. The molecule has 2 amide bonds. The van der Waals surface area contributed by atoms with Gasteiger partial charge in [0.15, 0.2) is 5.82 Å². The number of hydrogen-bond acceptors (Lipinski definition) is 12. The van der Waals surface area contributed by atoms with E-state index in [0.29, 0.717) is 74.1 Å². The summed E-state index contributed by atoms with van der Waals surface area (Å²) < 4.78 is 7.65. The number of carbonyl (C=O) groups is 2. The Kier molecular flexibility index (Phi) is 11.6. The van der Waals surface area contributed by atoms with Gasteiger partial charge in [-0.3, -0.25) is 9.59 Å². The lowest BCUT2D eigenvalue weighted by atomic mass is 9.98. The van der Waals surface area contributed by atoms with Crippen molar-refractivity contribution in [3.63, 3.8) is 0 Å². The number of nitrogens with one attached hydrogen (secondary N) is 1. The lowest BCUT2D eigenvalue weighted by molar-refractivity contribution is -0.128. The fourth-order valence-corrected chi connectivity index (χ4v) is 9.40. The van der Waals surface area contributed by atoms with Gasteiger partial charge in [0.1, 0.15) is 17.3 Å². The molecule has 9 rings (SSSR count). The number of rotatable bonds is 11. The van der Waals surface area contributed by atoms with Crippen LogP contribution in [0.2, 0.25) is 5.02 Å². The van der Waals surface area contributed by atoms with Gasteiger partial charge in [-0.2, -0.15) is 20.3 Å². The molecule has 3 aliphatic heterocycles. The van der Waals surface area contributed by atoms with Crippen LogP contribution in [-0.4, -0.2) is 108 Å². The molecule has 0 bridgehead atoms. The lowest BCUT2D eigenvalue weighted by Gasteiger charge is -2.42. The fraction of sp³-hybridized carbons (Fsp3) is 0.312. The van der Waals surface area contributed by atoms with Gasteiger partial charge in [-0.05, 0) is 71.8 Å². The largest absolute Gasteiger partial charge is 0.508 e. The van der Waals surface area contributed by atoms with Crippen LogP contribution < -0.4 is 20.2 Å². The molecule has 2 saturated heterocycles. The third-order valence-electron chi connectivity index (χ3n) is 12.5. The first-order valence-electron chi connectivity index (χ1n) is 21.5. The number of anilines is 2. The zero-order valence-electron chi connectivity index (χ0n) is 35.9. The van der Waals surface area contributed by atoms with Crippen molar-refractivity contribution in [3.8, 4) is 40.7 Å². The number of aromatic hydroxyl groups is 2. The van der Waals surface area contributed by atoms with E-state index in [9.17, 15) is 29.9 Å². The number of hydrogen-bond donors (Lipinski definition) is 3. The van der Waals surface area contributed by atoms with E-state index in [0.717, 1.165) is 33.5 Å². The number of nitrogens with zero attached hydrogens (tertiary/aromatic N) is 9. The monoisotopic (exact) mass is 894 g/mol. The molecule has 65 heavy (non-hydrogen) atoms. The number of phenolic OH excluding ortho intramolecular Hbond substituents is 2. The number of halogens is 1. The van der Waals surface area contributed by atoms with Gasteiger partial charge in [-0.15, -0.1) is 0 Å². The number of benzene rings is 4. The summed E-state index contributed by atoms with van der Waals surface area (Å²) in [6, 6.07) is 23.6. The number of amides is 2. The Bertz CT molecular complexity index is 2930. The van der Waals surface area contributed by atoms with Crippen LogP contribution in [0, 0.1) is 17.2 Å². The van der Waals surface area contributed by atoms with Crippen molar-refractivity contribution in [2.45, 2.75) is 45.2 Å². The molecule has 3 N–H and O–H groups in total. The standard InChI is InChI=1S/C48H47ClN10O6/c1-4-42(62)58-20-19-56(25-33(58)15-17-50)44-34-16-18-55(39-10-6-8-30-7-5-9-37(49)43(30)39)26-38(34)51-47(52-44)65-27-29-23-57(24-29)46(63)31-11-13-32(14-12-31)59-45(53-54-48(59)64)36-21-35(28(2)3)40(60)22-41(36)61/h4-14,21-22,28-29,33,60-61H,1,15-16,18-20,23-27H2,2-3H3,(H,54,64). The average molecular weight is 895 g/mol. The molecule has 2 aromatic heterocycles.